The number of hydrogen-bond donors (Lipinski definition) is 1. The third-order valence-corrected chi connectivity index (χ3v) is 3.35. The van der Waals surface area contributed by atoms with Gasteiger partial charge in [0.2, 0.25) is 0 Å². The summed E-state index contributed by atoms with van der Waals surface area (Å²) in [4.78, 5) is 2.16. The molecule has 0 unspecified atom stereocenters. The van der Waals surface area contributed by atoms with Crippen molar-refractivity contribution in [2.75, 3.05) is 20.1 Å². The van der Waals surface area contributed by atoms with Crippen molar-refractivity contribution in [1.29, 1.82) is 0 Å². The van der Waals surface area contributed by atoms with Gasteiger partial charge in [-0.1, -0.05) is 6.07 Å². The van der Waals surface area contributed by atoms with Crippen molar-refractivity contribution < 1.29 is 8.78 Å². The molecule has 2 nitrogen and oxygen atoms in total. The van der Waals surface area contributed by atoms with Gasteiger partial charge in [0.25, 0.3) is 0 Å². The second kappa shape index (κ2) is 4.11. The van der Waals surface area contributed by atoms with Crippen LogP contribution < -0.4 is 5.73 Å². The number of nitrogens with zero attached hydrogens (tertiary/aromatic N) is 1. The quantitative estimate of drug-likeness (QED) is 0.791. The first kappa shape index (κ1) is 11.5. The Labute approximate surface area is 94.0 Å². The Bertz CT molecular complexity index is 385. The largest absolute Gasteiger partial charge is 0.321 e. The van der Waals surface area contributed by atoms with Gasteiger partial charge in [0.05, 0.1) is 0 Å². The zero-order chi connectivity index (χ0) is 11.8. The van der Waals surface area contributed by atoms with Crippen LogP contribution >= 0.6 is 0 Å². The predicted molar refractivity (Wildman–Crippen MR) is 59.0 cm³/mol. The van der Waals surface area contributed by atoms with Gasteiger partial charge in [-0.3, -0.25) is 0 Å². The van der Waals surface area contributed by atoms with Crippen LogP contribution in [-0.4, -0.2) is 25.0 Å². The Morgan fingerprint density at radius 3 is 2.44 bits per heavy atom. The van der Waals surface area contributed by atoms with Crippen LogP contribution in [0.15, 0.2) is 18.2 Å². The zero-order valence-electron chi connectivity index (χ0n) is 9.34. The molecule has 1 aromatic carbocycles. The second-order valence-electron chi connectivity index (χ2n) is 4.58. The fraction of sp³-hybridized carbons (Fsp3) is 0.500. The van der Waals surface area contributed by atoms with Crippen molar-refractivity contribution in [2.45, 2.75) is 18.4 Å². The van der Waals surface area contributed by atoms with E-state index in [4.69, 9.17) is 5.73 Å². The minimum absolute atomic E-state index is 0.432. The summed E-state index contributed by atoms with van der Waals surface area (Å²) < 4.78 is 26.5. The van der Waals surface area contributed by atoms with Crippen molar-refractivity contribution in [2.24, 2.45) is 5.73 Å². The highest BCUT2D eigenvalue weighted by atomic mass is 19.1. The summed E-state index contributed by atoms with van der Waals surface area (Å²) in [5.41, 5.74) is 5.99. The van der Waals surface area contributed by atoms with Crippen molar-refractivity contribution in [3.63, 3.8) is 0 Å². The summed E-state index contributed by atoms with van der Waals surface area (Å²) in [7, 11) is 2.01. The molecule has 1 aliphatic heterocycles. The summed E-state index contributed by atoms with van der Waals surface area (Å²) in [6, 6.07) is 3.64. The van der Waals surface area contributed by atoms with Gasteiger partial charge in [-0.15, -0.1) is 0 Å². The average Bonchev–Trinajstić information content (AvgIpc) is 2.22. The summed E-state index contributed by atoms with van der Waals surface area (Å²) in [5.74, 6) is -1.09. The van der Waals surface area contributed by atoms with Gasteiger partial charge in [0.1, 0.15) is 11.6 Å². The fourth-order valence-corrected chi connectivity index (χ4v) is 2.18. The molecule has 0 amide bonds. The van der Waals surface area contributed by atoms with Gasteiger partial charge in [-0.05, 0) is 39.0 Å². The first-order valence-electron chi connectivity index (χ1n) is 5.44. The van der Waals surface area contributed by atoms with E-state index in [1.165, 1.54) is 12.1 Å². The fourth-order valence-electron chi connectivity index (χ4n) is 2.18. The lowest BCUT2D eigenvalue weighted by Crippen LogP contribution is -2.47. The van der Waals surface area contributed by atoms with E-state index in [1.54, 1.807) is 0 Å². The monoisotopic (exact) mass is 226 g/mol. The van der Waals surface area contributed by atoms with Crippen LogP contribution in [0.5, 0.6) is 0 Å². The van der Waals surface area contributed by atoms with Crippen LogP contribution in [0.1, 0.15) is 18.4 Å². The van der Waals surface area contributed by atoms with Gasteiger partial charge in [-0.2, -0.15) is 0 Å². The van der Waals surface area contributed by atoms with Gasteiger partial charge < -0.3 is 10.6 Å². The minimum Gasteiger partial charge on any atom is -0.321 e. The predicted octanol–water partition coefficient (Wildman–Crippen LogP) is 1.84. The molecule has 0 aromatic heterocycles. The third kappa shape index (κ3) is 2.08. The molecule has 0 saturated carbocycles. The second-order valence-corrected chi connectivity index (χ2v) is 4.58. The Kier molecular flexibility index (Phi) is 2.95. The summed E-state index contributed by atoms with van der Waals surface area (Å²) in [6.07, 6.45) is 1.40. The summed E-state index contributed by atoms with van der Waals surface area (Å²) in [6.45, 7) is 1.68. The lowest BCUT2D eigenvalue weighted by Gasteiger charge is -2.38. The Morgan fingerprint density at radius 2 is 1.88 bits per heavy atom. The molecule has 4 heteroatoms. The number of piperidine rings is 1. The van der Waals surface area contributed by atoms with E-state index in [2.05, 4.69) is 4.90 Å². The number of halogens is 2. The van der Waals surface area contributed by atoms with E-state index in [-0.39, 0.29) is 0 Å². The van der Waals surface area contributed by atoms with E-state index < -0.39 is 17.2 Å². The third-order valence-electron chi connectivity index (χ3n) is 3.35. The highest BCUT2D eigenvalue weighted by Gasteiger charge is 2.33. The number of benzene rings is 1. The van der Waals surface area contributed by atoms with Crippen molar-refractivity contribution in [1.82, 2.24) is 4.90 Å². The first-order valence-corrected chi connectivity index (χ1v) is 5.44. The van der Waals surface area contributed by atoms with Gasteiger partial charge in [-0.25, -0.2) is 8.78 Å². The lowest BCUT2D eigenvalue weighted by atomic mass is 9.82. The van der Waals surface area contributed by atoms with Crippen molar-refractivity contribution in [3.8, 4) is 0 Å². The van der Waals surface area contributed by atoms with E-state index in [0.29, 0.717) is 18.4 Å². The standard InChI is InChI=1S/C12H16F2N2/c1-16-6-4-12(15,5-7-16)10-3-2-9(13)8-11(10)14/h2-3,8H,4-7,15H2,1H3. The Hall–Kier alpha value is -1.00. The van der Waals surface area contributed by atoms with Gasteiger partial charge in [0.15, 0.2) is 0 Å². The molecule has 0 radical (unpaired) electrons. The van der Waals surface area contributed by atoms with E-state index in [0.717, 1.165) is 19.2 Å². The van der Waals surface area contributed by atoms with Crippen LogP contribution in [0, 0.1) is 11.6 Å². The molecule has 2 rings (SSSR count). The molecular weight excluding hydrogens is 210 g/mol. The lowest BCUT2D eigenvalue weighted by molar-refractivity contribution is 0.188. The molecule has 1 fully saturated rings. The molecule has 0 bridgehead atoms. The van der Waals surface area contributed by atoms with Crippen LogP contribution in [0.2, 0.25) is 0 Å². The number of hydrogen-bond acceptors (Lipinski definition) is 2. The molecule has 1 saturated heterocycles. The zero-order valence-corrected chi connectivity index (χ0v) is 9.34. The minimum atomic E-state index is -0.649. The number of nitrogens with two attached hydrogens (primary N) is 1. The van der Waals surface area contributed by atoms with Crippen molar-refractivity contribution in [3.05, 3.63) is 35.4 Å². The highest BCUT2D eigenvalue weighted by molar-refractivity contribution is 5.27. The SMILES string of the molecule is CN1CCC(N)(c2ccc(F)cc2F)CC1. The van der Waals surface area contributed by atoms with Crippen LogP contribution in [0.3, 0.4) is 0 Å². The first-order chi connectivity index (χ1) is 7.51. The Balaban J connectivity index is 2.29. The molecule has 1 aliphatic rings. The highest BCUT2D eigenvalue weighted by Crippen LogP contribution is 2.31. The van der Waals surface area contributed by atoms with E-state index in [9.17, 15) is 8.78 Å². The molecular formula is C12H16F2N2. The maximum Gasteiger partial charge on any atom is 0.131 e. The summed E-state index contributed by atoms with van der Waals surface area (Å²) >= 11 is 0. The van der Waals surface area contributed by atoms with E-state index in [1.807, 2.05) is 7.05 Å². The number of likely N-dealkylation sites (tertiary alicyclic amines) is 1. The number of rotatable bonds is 1. The van der Waals surface area contributed by atoms with Crippen LogP contribution in [-0.2, 0) is 5.54 Å². The normalized spacial score (nSPS) is 21.0. The Morgan fingerprint density at radius 1 is 1.25 bits per heavy atom. The van der Waals surface area contributed by atoms with Crippen molar-refractivity contribution >= 4 is 0 Å². The topological polar surface area (TPSA) is 29.3 Å². The average molecular weight is 226 g/mol. The van der Waals surface area contributed by atoms with E-state index >= 15 is 0 Å². The summed E-state index contributed by atoms with van der Waals surface area (Å²) in [5, 5.41) is 0. The molecule has 1 aromatic rings. The molecule has 1 heterocycles. The smallest absolute Gasteiger partial charge is 0.131 e. The van der Waals surface area contributed by atoms with Crippen LogP contribution in [0.25, 0.3) is 0 Å². The maximum absolute atomic E-state index is 13.6. The van der Waals surface area contributed by atoms with Gasteiger partial charge >= 0.3 is 0 Å². The molecule has 16 heavy (non-hydrogen) atoms. The molecule has 0 aliphatic carbocycles. The molecule has 0 atom stereocenters. The van der Waals surface area contributed by atoms with Crippen LogP contribution in [0.4, 0.5) is 8.78 Å². The molecule has 2 N–H and O–H groups in total. The molecule has 0 spiro atoms. The molecule has 88 valence electrons. The maximum atomic E-state index is 13.6. The van der Waals surface area contributed by atoms with Gasteiger partial charge in [0, 0.05) is 17.2 Å².